The number of thioether (sulfide) groups is 2. The minimum Gasteiger partial charge on any atom is -0.130 e. The molecule has 0 bridgehead atoms. The molecule has 0 aromatic heterocycles. The number of hydrogen-bond acceptors (Lipinski definition) is 2. The van der Waals surface area contributed by atoms with Gasteiger partial charge < -0.3 is 0 Å². The van der Waals surface area contributed by atoms with Crippen LogP contribution in [0.4, 0.5) is 0 Å². The van der Waals surface area contributed by atoms with Crippen LogP contribution in [-0.4, -0.2) is 12.0 Å². The number of rotatable bonds is 4. The fourth-order valence-electron chi connectivity index (χ4n) is 1.12. The van der Waals surface area contributed by atoms with Crippen LogP contribution in [0.3, 0.4) is 0 Å². The minimum atomic E-state index is 1.22. The van der Waals surface area contributed by atoms with Gasteiger partial charge in [0, 0.05) is 9.79 Å². The zero-order chi connectivity index (χ0) is 11.7. The molecule has 0 radical (unpaired) electrons. The molecule has 0 spiro atoms. The summed E-state index contributed by atoms with van der Waals surface area (Å²) < 4.78 is 0. The summed E-state index contributed by atoms with van der Waals surface area (Å²) in [6.07, 6.45) is 3.36. The van der Waals surface area contributed by atoms with Crippen LogP contribution in [0.1, 0.15) is 18.9 Å². The van der Waals surface area contributed by atoms with Crippen molar-refractivity contribution < 1.29 is 0 Å². The molecule has 0 aliphatic rings. The van der Waals surface area contributed by atoms with E-state index in [-0.39, 0.29) is 0 Å². The van der Waals surface area contributed by atoms with Gasteiger partial charge in [-0.25, -0.2) is 0 Å². The first-order chi connectivity index (χ1) is 7.27. The van der Waals surface area contributed by atoms with E-state index in [9.17, 15) is 0 Å². The van der Waals surface area contributed by atoms with Crippen molar-refractivity contribution in [2.45, 2.75) is 30.1 Å². The van der Waals surface area contributed by atoms with E-state index in [1.54, 1.807) is 11.8 Å². The van der Waals surface area contributed by atoms with Crippen LogP contribution in [0.25, 0.3) is 0 Å². The highest BCUT2D eigenvalue weighted by atomic mass is 32.2. The van der Waals surface area contributed by atoms with E-state index in [0.717, 1.165) is 0 Å². The number of benzene rings is 1. The predicted octanol–water partition coefficient (Wildman–Crippen LogP) is 5.02. The molecule has 0 atom stereocenters. The Bertz CT molecular complexity index is 282. The first-order valence-corrected chi connectivity index (χ1v) is 7.26. The molecule has 1 aromatic carbocycles. The Morgan fingerprint density at radius 2 is 1.93 bits per heavy atom. The molecule has 0 unspecified atom stereocenters. The highest BCUT2D eigenvalue weighted by molar-refractivity contribution is 7.99. The van der Waals surface area contributed by atoms with Crippen LogP contribution in [0.5, 0.6) is 0 Å². The Balaban J connectivity index is 0.000000921. The molecule has 0 amide bonds. The van der Waals surface area contributed by atoms with Crippen molar-refractivity contribution >= 4 is 23.5 Å². The summed E-state index contributed by atoms with van der Waals surface area (Å²) in [6, 6.07) is 6.71. The van der Waals surface area contributed by atoms with Crippen LogP contribution >= 0.6 is 23.5 Å². The first-order valence-electron chi connectivity index (χ1n) is 5.05. The normalized spacial score (nSPS) is 9.27. The fourth-order valence-corrected chi connectivity index (χ4v) is 2.50. The topological polar surface area (TPSA) is 0 Å². The van der Waals surface area contributed by atoms with Crippen molar-refractivity contribution in [3.05, 3.63) is 36.9 Å². The van der Waals surface area contributed by atoms with Crippen molar-refractivity contribution in [2.75, 3.05) is 12.0 Å². The van der Waals surface area contributed by atoms with Crippen LogP contribution in [0.2, 0.25) is 0 Å². The Morgan fingerprint density at radius 1 is 1.27 bits per heavy atom. The van der Waals surface area contributed by atoms with Gasteiger partial charge in [-0.15, -0.1) is 36.7 Å². The maximum atomic E-state index is 3.00. The molecule has 2 heteroatoms. The van der Waals surface area contributed by atoms with Crippen molar-refractivity contribution in [2.24, 2.45) is 0 Å². The lowest BCUT2D eigenvalue weighted by Crippen LogP contribution is -1.82. The molecule has 0 fully saturated rings. The third kappa shape index (κ3) is 5.33. The van der Waals surface area contributed by atoms with Crippen molar-refractivity contribution in [3.63, 3.8) is 0 Å². The third-order valence-electron chi connectivity index (χ3n) is 1.84. The van der Waals surface area contributed by atoms with E-state index in [4.69, 9.17) is 0 Å². The smallest absolute Gasteiger partial charge is 0.0102 e. The summed E-state index contributed by atoms with van der Waals surface area (Å²) in [7, 11) is 0. The Labute approximate surface area is 103 Å². The van der Waals surface area contributed by atoms with E-state index in [0.29, 0.717) is 0 Å². The second kappa shape index (κ2) is 8.93. The average Bonchev–Trinajstić information content (AvgIpc) is 2.30. The fraction of sp³-hybridized carbons (Fsp3) is 0.385. The van der Waals surface area contributed by atoms with Gasteiger partial charge in [0.2, 0.25) is 0 Å². The van der Waals surface area contributed by atoms with Crippen LogP contribution < -0.4 is 0 Å². The van der Waals surface area contributed by atoms with E-state index in [1.807, 2.05) is 11.8 Å². The van der Waals surface area contributed by atoms with E-state index >= 15 is 0 Å². The number of hydrogen-bond donors (Lipinski definition) is 0. The molecule has 0 nitrogen and oxygen atoms in total. The molecule has 0 heterocycles. The first kappa shape index (κ1) is 14.7. The molecule has 0 aliphatic heterocycles. The maximum absolute atomic E-state index is 3.00. The highest BCUT2D eigenvalue weighted by Gasteiger charge is 1.99. The lowest BCUT2D eigenvalue weighted by molar-refractivity contribution is 1.10. The summed E-state index contributed by atoms with van der Waals surface area (Å²) in [4.78, 5) is 2.79. The predicted molar refractivity (Wildman–Crippen MR) is 75.2 cm³/mol. The zero-order valence-electron chi connectivity index (χ0n) is 9.88. The zero-order valence-corrected chi connectivity index (χ0v) is 11.5. The highest BCUT2D eigenvalue weighted by Crippen LogP contribution is 2.26. The summed E-state index contributed by atoms with van der Waals surface area (Å²) in [5.41, 5.74) is 1.41. The Kier molecular flexibility index (Phi) is 8.73. The monoisotopic (exact) mass is 240 g/mol. The third-order valence-corrected chi connectivity index (χ3v) is 3.95. The molecule has 84 valence electrons. The van der Waals surface area contributed by atoms with Gasteiger partial charge in [-0.2, -0.15) is 0 Å². The minimum absolute atomic E-state index is 1.22. The molecule has 0 saturated heterocycles. The lowest BCUT2D eigenvalue weighted by Gasteiger charge is -2.05. The second-order valence-electron chi connectivity index (χ2n) is 2.98. The molecule has 0 saturated carbocycles. The van der Waals surface area contributed by atoms with Crippen LogP contribution in [0.15, 0.2) is 41.1 Å². The molecule has 1 aromatic rings. The molecular weight excluding hydrogens is 220 g/mol. The van der Waals surface area contributed by atoms with Gasteiger partial charge in [0.25, 0.3) is 0 Å². The van der Waals surface area contributed by atoms with Gasteiger partial charge in [-0.3, -0.25) is 0 Å². The van der Waals surface area contributed by atoms with Crippen LogP contribution in [0, 0.1) is 6.92 Å². The van der Waals surface area contributed by atoms with Crippen molar-refractivity contribution in [1.82, 2.24) is 0 Å². The summed E-state index contributed by atoms with van der Waals surface area (Å²) in [5, 5.41) is 0. The summed E-state index contributed by atoms with van der Waals surface area (Å²) in [5.74, 6) is 1.22. The van der Waals surface area contributed by atoms with Gasteiger partial charge in [-0.05, 0) is 49.1 Å². The van der Waals surface area contributed by atoms with Gasteiger partial charge in [0.1, 0.15) is 0 Å². The van der Waals surface area contributed by atoms with E-state index in [1.165, 1.54) is 27.5 Å². The van der Waals surface area contributed by atoms with Crippen LogP contribution in [-0.2, 0) is 0 Å². The molecule has 1 rings (SSSR count). The van der Waals surface area contributed by atoms with Crippen molar-refractivity contribution in [3.8, 4) is 0 Å². The standard InChI is InChI=1S/C11H16S2.C2H4/c1-4-7-13-11-6-5-10(12-3)8-9(11)2;1-2/h5-6,8H,4,7H2,1-3H3;1-2H2. The molecule has 0 aliphatic carbocycles. The van der Waals surface area contributed by atoms with Gasteiger partial charge in [0.15, 0.2) is 0 Å². The average molecular weight is 240 g/mol. The quantitative estimate of drug-likeness (QED) is 0.535. The van der Waals surface area contributed by atoms with Gasteiger partial charge in [0.05, 0.1) is 0 Å². The Morgan fingerprint density at radius 3 is 2.40 bits per heavy atom. The SMILES string of the molecule is C=C.CCCSc1ccc(SC)cc1C. The van der Waals surface area contributed by atoms with Crippen molar-refractivity contribution in [1.29, 1.82) is 0 Å². The maximum Gasteiger partial charge on any atom is 0.0102 e. The lowest BCUT2D eigenvalue weighted by atomic mass is 10.2. The van der Waals surface area contributed by atoms with E-state index < -0.39 is 0 Å². The second-order valence-corrected chi connectivity index (χ2v) is 5.00. The molecular formula is C13H20S2. The number of aryl methyl sites for hydroxylation is 1. The Hall–Kier alpha value is -0.340. The summed E-state index contributed by atoms with van der Waals surface area (Å²) in [6.45, 7) is 10.4. The summed E-state index contributed by atoms with van der Waals surface area (Å²) >= 11 is 3.76. The van der Waals surface area contributed by atoms with E-state index in [2.05, 4.69) is 51.5 Å². The molecule has 15 heavy (non-hydrogen) atoms. The largest absolute Gasteiger partial charge is 0.130 e. The molecule has 0 N–H and O–H groups in total. The van der Waals surface area contributed by atoms with Gasteiger partial charge in [-0.1, -0.05) is 6.92 Å². The van der Waals surface area contributed by atoms with Gasteiger partial charge >= 0.3 is 0 Å².